The van der Waals surface area contributed by atoms with Gasteiger partial charge in [-0.15, -0.1) is 0 Å². The Morgan fingerprint density at radius 2 is 2.15 bits per heavy atom. The van der Waals surface area contributed by atoms with Crippen LogP contribution >= 0.6 is 15.9 Å². The van der Waals surface area contributed by atoms with Gasteiger partial charge in [-0.25, -0.2) is 4.79 Å². The maximum atomic E-state index is 11.6. The fourth-order valence-corrected chi connectivity index (χ4v) is 2.45. The van der Waals surface area contributed by atoms with Gasteiger partial charge in [-0.05, 0) is 38.1 Å². The number of hydrogen-bond donors (Lipinski definition) is 1. The van der Waals surface area contributed by atoms with Crippen molar-refractivity contribution in [1.82, 2.24) is 5.32 Å². The highest BCUT2D eigenvalue weighted by Gasteiger charge is 2.11. The average Bonchev–Trinajstić information content (AvgIpc) is 2.38. The molecule has 0 amide bonds. The number of carbonyl (C=O) groups is 1. The SMILES string of the molecule is CCCCOC(=O)COc1c(C)cc(Br)cc1CNC. The summed E-state index contributed by atoms with van der Waals surface area (Å²) >= 11 is 3.46. The van der Waals surface area contributed by atoms with Gasteiger partial charge in [0.15, 0.2) is 6.61 Å². The minimum absolute atomic E-state index is 0.0527. The largest absolute Gasteiger partial charge is 0.481 e. The van der Waals surface area contributed by atoms with Crippen molar-refractivity contribution in [1.29, 1.82) is 0 Å². The number of aryl methyl sites for hydroxylation is 1. The first-order chi connectivity index (χ1) is 9.58. The van der Waals surface area contributed by atoms with Crippen LogP contribution in [-0.2, 0) is 16.1 Å². The Morgan fingerprint density at radius 1 is 1.40 bits per heavy atom. The summed E-state index contributed by atoms with van der Waals surface area (Å²) in [5.74, 6) is 0.422. The predicted octanol–water partition coefficient (Wildman–Crippen LogP) is 3.20. The normalized spacial score (nSPS) is 10.4. The molecule has 20 heavy (non-hydrogen) atoms. The number of hydrogen-bond acceptors (Lipinski definition) is 4. The van der Waals surface area contributed by atoms with Gasteiger partial charge in [0.1, 0.15) is 5.75 Å². The molecule has 0 radical (unpaired) electrons. The average molecular weight is 344 g/mol. The molecule has 1 rings (SSSR count). The molecular weight excluding hydrogens is 322 g/mol. The number of esters is 1. The third-order valence-corrected chi connectivity index (χ3v) is 3.24. The van der Waals surface area contributed by atoms with Crippen molar-refractivity contribution in [3.8, 4) is 5.75 Å². The summed E-state index contributed by atoms with van der Waals surface area (Å²) in [6.45, 7) is 5.10. The molecule has 0 saturated heterocycles. The van der Waals surface area contributed by atoms with E-state index in [0.717, 1.165) is 34.2 Å². The molecule has 1 N–H and O–H groups in total. The van der Waals surface area contributed by atoms with Crippen LogP contribution < -0.4 is 10.1 Å². The molecule has 1 aromatic rings. The smallest absolute Gasteiger partial charge is 0.344 e. The van der Waals surface area contributed by atoms with E-state index in [2.05, 4.69) is 28.2 Å². The van der Waals surface area contributed by atoms with Crippen LogP contribution in [0, 0.1) is 6.92 Å². The molecule has 0 aliphatic heterocycles. The maximum absolute atomic E-state index is 11.6. The molecule has 0 aromatic heterocycles. The van der Waals surface area contributed by atoms with E-state index in [1.807, 2.05) is 26.1 Å². The highest BCUT2D eigenvalue weighted by Crippen LogP contribution is 2.28. The number of halogens is 1. The van der Waals surface area contributed by atoms with Gasteiger partial charge in [-0.1, -0.05) is 29.3 Å². The van der Waals surface area contributed by atoms with Crippen molar-refractivity contribution >= 4 is 21.9 Å². The van der Waals surface area contributed by atoms with Gasteiger partial charge in [0.05, 0.1) is 6.61 Å². The number of nitrogens with one attached hydrogen (secondary N) is 1. The highest BCUT2D eigenvalue weighted by atomic mass is 79.9. The first kappa shape index (κ1) is 17.0. The molecule has 0 aliphatic carbocycles. The molecule has 0 atom stereocenters. The lowest BCUT2D eigenvalue weighted by atomic mass is 10.1. The summed E-state index contributed by atoms with van der Waals surface area (Å²) in [5, 5.41) is 3.09. The van der Waals surface area contributed by atoms with Crippen LogP contribution in [0.25, 0.3) is 0 Å². The van der Waals surface area contributed by atoms with Crippen molar-refractivity contribution in [2.24, 2.45) is 0 Å². The lowest BCUT2D eigenvalue weighted by Crippen LogP contribution is -2.17. The summed E-state index contributed by atoms with van der Waals surface area (Å²) < 4.78 is 11.7. The fraction of sp³-hybridized carbons (Fsp3) is 0.533. The fourth-order valence-electron chi connectivity index (χ4n) is 1.83. The molecule has 0 heterocycles. The van der Waals surface area contributed by atoms with E-state index in [9.17, 15) is 4.79 Å². The van der Waals surface area contributed by atoms with Crippen molar-refractivity contribution < 1.29 is 14.3 Å². The van der Waals surface area contributed by atoms with Crippen LogP contribution in [0.2, 0.25) is 0 Å². The zero-order valence-electron chi connectivity index (χ0n) is 12.3. The highest BCUT2D eigenvalue weighted by molar-refractivity contribution is 9.10. The van der Waals surface area contributed by atoms with Crippen LogP contribution in [0.5, 0.6) is 5.75 Å². The summed E-state index contributed by atoms with van der Waals surface area (Å²) in [4.78, 5) is 11.6. The molecule has 0 aliphatic rings. The van der Waals surface area contributed by atoms with Crippen molar-refractivity contribution in [3.63, 3.8) is 0 Å². The van der Waals surface area contributed by atoms with Gasteiger partial charge in [-0.2, -0.15) is 0 Å². The molecule has 5 heteroatoms. The quantitative estimate of drug-likeness (QED) is 0.581. The number of carbonyl (C=O) groups excluding carboxylic acids is 1. The van der Waals surface area contributed by atoms with Crippen LogP contribution in [0.3, 0.4) is 0 Å². The Bertz CT molecular complexity index is 449. The van der Waals surface area contributed by atoms with Crippen LogP contribution in [0.1, 0.15) is 30.9 Å². The minimum Gasteiger partial charge on any atom is -0.481 e. The second-order valence-electron chi connectivity index (χ2n) is 4.60. The Kier molecular flexibility index (Phi) is 7.62. The zero-order chi connectivity index (χ0) is 15.0. The van der Waals surface area contributed by atoms with E-state index in [1.54, 1.807) is 0 Å². The third kappa shape index (κ3) is 5.51. The van der Waals surface area contributed by atoms with Gasteiger partial charge in [0.25, 0.3) is 0 Å². The molecule has 0 spiro atoms. The molecule has 4 nitrogen and oxygen atoms in total. The topological polar surface area (TPSA) is 47.6 Å². The standard InChI is InChI=1S/C15H22BrNO3/c1-4-5-6-19-14(18)10-20-15-11(2)7-13(16)8-12(15)9-17-3/h7-8,17H,4-6,9-10H2,1-3H3. The first-order valence-electron chi connectivity index (χ1n) is 6.80. The molecule has 0 unspecified atom stereocenters. The Hall–Kier alpha value is -1.07. The van der Waals surface area contributed by atoms with Crippen molar-refractivity contribution in [2.75, 3.05) is 20.3 Å². The van der Waals surface area contributed by atoms with E-state index in [-0.39, 0.29) is 12.6 Å². The van der Waals surface area contributed by atoms with Crippen LogP contribution in [0.15, 0.2) is 16.6 Å². The van der Waals surface area contributed by atoms with Gasteiger partial charge < -0.3 is 14.8 Å². The molecule has 0 fully saturated rings. The Morgan fingerprint density at radius 3 is 2.80 bits per heavy atom. The minimum atomic E-state index is -0.323. The van der Waals surface area contributed by atoms with Crippen molar-refractivity contribution in [2.45, 2.75) is 33.2 Å². The Labute approximate surface area is 129 Å². The van der Waals surface area contributed by atoms with Crippen molar-refractivity contribution in [3.05, 3.63) is 27.7 Å². The second-order valence-corrected chi connectivity index (χ2v) is 5.52. The van der Waals surface area contributed by atoms with E-state index in [4.69, 9.17) is 9.47 Å². The lowest BCUT2D eigenvalue weighted by Gasteiger charge is -2.14. The first-order valence-corrected chi connectivity index (χ1v) is 7.59. The van der Waals surface area contributed by atoms with E-state index < -0.39 is 0 Å². The van der Waals surface area contributed by atoms with Gasteiger partial charge in [0, 0.05) is 16.6 Å². The van der Waals surface area contributed by atoms with Gasteiger partial charge in [0.2, 0.25) is 0 Å². The molecule has 1 aromatic carbocycles. The molecule has 0 saturated carbocycles. The predicted molar refractivity (Wildman–Crippen MR) is 83.0 cm³/mol. The number of ether oxygens (including phenoxy) is 2. The van der Waals surface area contributed by atoms with Crippen LogP contribution in [0.4, 0.5) is 0 Å². The molecular formula is C15H22BrNO3. The third-order valence-electron chi connectivity index (χ3n) is 2.78. The summed E-state index contributed by atoms with van der Waals surface area (Å²) in [5.41, 5.74) is 2.01. The monoisotopic (exact) mass is 343 g/mol. The van der Waals surface area contributed by atoms with E-state index >= 15 is 0 Å². The van der Waals surface area contributed by atoms with E-state index in [0.29, 0.717) is 13.2 Å². The van der Waals surface area contributed by atoms with Crippen LogP contribution in [-0.4, -0.2) is 26.2 Å². The zero-order valence-corrected chi connectivity index (χ0v) is 13.9. The summed E-state index contributed by atoms with van der Waals surface area (Å²) in [7, 11) is 1.87. The van der Waals surface area contributed by atoms with Gasteiger partial charge in [-0.3, -0.25) is 0 Å². The Balaban J connectivity index is 2.64. The number of unbranched alkanes of at least 4 members (excludes halogenated alkanes) is 1. The summed E-state index contributed by atoms with van der Waals surface area (Å²) in [6.07, 6.45) is 1.89. The van der Waals surface area contributed by atoms with E-state index in [1.165, 1.54) is 0 Å². The molecule has 0 bridgehead atoms. The maximum Gasteiger partial charge on any atom is 0.344 e. The van der Waals surface area contributed by atoms with Gasteiger partial charge >= 0.3 is 5.97 Å². The summed E-state index contributed by atoms with van der Waals surface area (Å²) in [6, 6.07) is 3.96. The number of rotatable bonds is 8. The molecule has 112 valence electrons. The second kappa shape index (κ2) is 8.97. The lowest BCUT2D eigenvalue weighted by molar-refractivity contribution is -0.146. The number of benzene rings is 1.